The Morgan fingerprint density at radius 3 is 2.14 bits per heavy atom. The molecule has 130 valence electrons. The second-order valence-corrected chi connectivity index (χ2v) is 6.83. The quantitative estimate of drug-likeness (QED) is 0.736. The lowest BCUT2D eigenvalue weighted by molar-refractivity contribution is -0.184. The maximum Gasteiger partial charge on any atom is 0.391 e. The third-order valence-electron chi connectivity index (χ3n) is 5.37. The molecule has 0 aromatic rings. The van der Waals surface area contributed by atoms with Crippen LogP contribution in [0.3, 0.4) is 0 Å². The Morgan fingerprint density at radius 2 is 1.59 bits per heavy atom. The van der Waals surface area contributed by atoms with E-state index in [1.165, 1.54) is 0 Å². The average molecular weight is 325 g/mol. The number of piperidine rings is 1. The first-order valence-electron chi connectivity index (χ1n) is 8.05. The van der Waals surface area contributed by atoms with Crippen LogP contribution >= 0.6 is 0 Å². The molecule has 2 rings (SSSR count). The standard InChI is InChI=1S/C15H26F3NO3/c1-9-13(21)14(22)12(20)8-19(9)7-6-10-2-4-11(5-3-10)15(16,17)18/h9-14,20-22H,2-8H2,1H3/t9-,10-,11-,12+,13-,14-/m1/s1. The molecule has 2 aliphatic rings. The molecular weight excluding hydrogens is 299 g/mol. The third-order valence-corrected chi connectivity index (χ3v) is 5.37. The van der Waals surface area contributed by atoms with E-state index in [0.29, 0.717) is 19.4 Å². The lowest BCUT2D eigenvalue weighted by atomic mass is 9.80. The second kappa shape index (κ2) is 7.03. The predicted molar refractivity (Wildman–Crippen MR) is 75.2 cm³/mol. The lowest BCUT2D eigenvalue weighted by Crippen LogP contribution is -2.60. The van der Waals surface area contributed by atoms with Gasteiger partial charge in [-0.3, -0.25) is 4.90 Å². The van der Waals surface area contributed by atoms with Crippen LogP contribution in [0.5, 0.6) is 0 Å². The summed E-state index contributed by atoms with van der Waals surface area (Å²) in [7, 11) is 0. The number of aliphatic hydroxyl groups is 3. The number of alkyl halides is 3. The summed E-state index contributed by atoms with van der Waals surface area (Å²) in [5.74, 6) is -0.886. The third kappa shape index (κ3) is 4.13. The number of hydrogen-bond acceptors (Lipinski definition) is 4. The van der Waals surface area contributed by atoms with E-state index in [9.17, 15) is 28.5 Å². The van der Waals surface area contributed by atoms with Crippen molar-refractivity contribution >= 4 is 0 Å². The Bertz CT molecular complexity index is 358. The zero-order chi connectivity index (χ0) is 16.5. The van der Waals surface area contributed by atoms with Gasteiger partial charge >= 0.3 is 6.18 Å². The molecule has 7 heteroatoms. The highest BCUT2D eigenvalue weighted by Crippen LogP contribution is 2.40. The van der Waals surface area contributed by atoms with Crippen LogP contribution in [-0.4, -0.2) is 63.8 Å². The molecule has 0 amide bonds. The Kier molecular flexibility index (Phi) is 5.74. The van der Waals surface area contributed by atoms with Crippen LogP contribution in [0.25, 0.3) is 0 Å². The van der Waals surface area contributed by atoms with Crippen LogP contribution in [0.2, 0.25) is 0 Å². The summed E-state index contributed by atoms with van der Waals surface area (Å²) in [5.41, 5.74) is 0. The van der Waals surface area contributed by atoms with E-state index in [0.717, 1.165) is 6.42 Å². The molecule has 0 aromatic heterocycles. The topological polar surface area (TPSA) is 63.9 Å². The summed E-state index contributed by atoms with van der Waals surface area (Å²) in [5, 5.41) is 29.2. The van der Waals surface area contributed by atoms with Gasteiger partial charge < -0.3 is 15.3 Å². The molecule has 0 radical (unpaired) electrons. The van der Waals surface area contributed by atoms with Crippen molar-refractivity contribution in [3.63, 3.8) is 0 Å². The molecule has 1 saturated heterocycles. The maximum atomic E-state index is 12.6. The second-order valence-electron chi connectivity index (χ2n) is 6.83. The van der Waals surface area contributed by atoms with Gasteiger partial charge in [-0.25, -0.2) is 0 Å². The van der Waals surface area contributed by atoms with Gasteiger partial charge in [0.25, 0.3) is 0 Å². The van der Waals surface area contributed by atoms with Crippen molar-refractivity contribution in [3.8, 4) is 0 Å². The fourth-order valence-electron chi connectivity index (χ4n) is 3.67. The molecule has 1 saturated carbocycles. The predicted octanol–water partition coefficient (Wildman–Crippen LogP) is 1.53. The van der Waals surface area contributed by atoms with E-state index < -0.39 is 30.4 Å². The minimum Gasteiger partial charge on any atom is -0.389 e. The minimum atomic E-state index is -4.07. The van der Waals surface area contributed by atoms with Crippen molar-refractivity contribution in [3.05, 3.63) is 0 Å². The summed E-state index contributed by atoms with van der Waals surface area (Å²) >= 11 is 0. The van der Waals surface area contributed by atoms with Crippen LogP contribution in [0.15, 0.2) is 0 Å². The molecule has 0 bridgehead atoms. The fraction of sp³-hybridized carbons (Fsp3) is 1.00. The van der Waals surface area contributed by atoms with Crippen molar-refractivity contribution in [1.82, 2.24) is 4.90 Å². The van der Waals surface area contributed by atoms with Gasteiger partial charge in [0, 0.05) is 12.6 Å². The van der Waals surface area contributed by atoms with Gasteiger partial charge in [-0.1, -0.05) is 0 Å². The van der Waals surface area contributed by atoms with E-state index in [2.05, 4.69) is 0 Å². The largest absolute Gasteiger partial charge is 0.391 e. The van der Waals surface area contributed by atoms with E-state index in [-0.39, 0.29) is 31.3 Å². The van der Waals surface area contributed by atoms with E-state index in [1.807, 2.05) is 4.90 Å². The fourth-order valence-corrected chi connectivity index (χ4v) is 3.67. The van der Waals surface area contributed by atoms with Crippen molar-refractivity contribution in [2.75, 3.05) is 13.1 Å². The molecule has 1 heterocycles. The van der Waals surface area contributed by atoms with Crippen LogP contribution in [0.4, 0.5) is 13.2 Å². The first-order chi connectivity index (χ1) is 10.2. The van der Waals surface area contributed by atoms with Crippen LogP contribution < -0.4 is 0 Å². The van der Waals surface area contributed by atoms with Crippen molar-refractivity contribution in [1.29, 1.82) is 0 Å². The zero-order valence-corrected chi connectivity index (χ0v) is 12.8. The smallest absolute Gasteiger partial charge is 0.389 e. The number of likely N-dealkylation sites (tertiary alicyclic amines) is 1. The first-order valence-corrected chi connectivity index (χ1v) is 8.05. The number of β-amino-alcohol motifs (C(OH)–C–C–N with tert-alkyl or cyclic N) is 1. The molecule has 0 aromatic carbocycles. The summed E-state index contributed by atoms with van der Waals surface area (Å²) in [6, 6.07) is -0.259. The Balaban J connectivity index is 1.77. The molecule has 0 unspecified atom stereocenters. The summed E-state index contributed by atoms with van der Waals surface area (Å²) in [4.78, 5) is 1.91. The van der Waals surface area contributed by atoms with Gasteiger partial charge in [-0.2, -0.15) is 13.2 Å². The Morgan fingerprint density at radius 1 is 1.00 bits per heavy atom. The van der Waals surface area contributed by atoms with Crippen LogP contribution in [-0.2, 0) is 0 Å². The van der Waals surface area contributed by atoms with Crippen molar-refractivity contribution in [2.24, 2.45) is 11.8 Å². The minimum absolute atomic E-state index is 0.202. The monoisotopic (exact) mass is 325 g/mol. The SMILES string of the molecule is C[C@@H]1[C@@H](O)[C@H](O)[C@@H](O)CN1CC[C@H]1CC[C@H](C(F)(F)F)CC1. The van der Waals surface area contributed by atoms with Gasteiger partial charge in [-0.05, 0) is 51.5 Å². The summed E-state index contributed by atoms with van der Waals surface area (Å²) < 4.78 is 37.9. The maximum absolute atomic E-state index is 12.6. The van der Waals surface area contributed by atoms with Gasteiger partial charge in [0.2, 0.25) is 0 Å². The molecule has 3 N–H and O–H groups in total. The first kappa shape index (κ1) is 18.0. The number of hydrogen-bond donors (Lipinski definition) is 3. The Labute approximate surface area is 128 Å². The highest BCUT2D eigenvalue weighted by Gasteiger charge is 2.42. The van der Waals surface area contributed by atoms with E-state index in [1.54, 1.807) is 6.92 Å². The number of aliphatic hydroxyl groups excluding tert-OH is 3. The molecule has 4 nitrogen and oxygen atoms in total. The lowest BCUT2D eigenvalue weighted by Gasteiger charge is -2.43. The molecule has 1 aliphatic heterocycles. The van der Waals surface area contributed by atoms with Crippen LogP contribution in [0.1, 0.15) is 39.0 Å². The van der Waals surface area contributed by atoms with Gasteiger partial charge in [0.1, 0.15) is 6.10 Å². The Hall–Kier alpha value is -0.370. The van der Waals surface area contributed by atoms with Gasteiger partial charge in [0.15, 0.2) is 0 Å². The van der Waals surface area contributed by atoms with Crippen molar-refractivity contribution < 1.29 is 28.5 Å². The van der Waals surface area contributed by atoms with Gasteiger partial charge in [0.05, 0.1) is 18.1 Å². The summed E-state index contributed by atoms with van der Waals surface area (Å²) in [6.45, 7) is 2.71. The number of rotatable bonds is 3. The molecular formula is C15H26F3NO3. The summed E-state index contributed by atoms with van der Waals surface area (Å²) in [6.07, 6.45) is -4.84. The average Bonchev–Trinajstić information content (AvgIpc) is 2.47. The molecule has 2 fully saturated rings. The molecule has 0 spiro atoms. The highest BCUT2D eigenvalue weighted by atomic mass is 19.4. The van der Waals surface area contributed by atoms with Crippen LogP contribution in [0, 0.1) is 11.8 Å². The van der Waals surface area contributed by atoms with E-state index in [4.69, 9.17) is 0 Å². The number of nitrogens with zero attached hydrogens (tertiary/aromatic N) is 1. The van der Waals surface area contributed by atoms with Crippen molar-refractivity contribution in [2.45, 2.75) is 69.6 Å². The molecule has 1 aliphatic carbocycles. The van der Waals surface area contributed by atoms with Gasteiger partial charge in [-0.15, -0.1) is 0 Å². The molecule has 4 atom stereocenters. The normalized spacial score (nSPS) is 41.6. The highest BCUT2D eigenvalue weighted by molar-refractivity contribution is 4.92. The molecule has 22 heavy (non-hydrogen) atoms. The number of halogens is 3. The zero-order valence-electron chi connectivity index (χ0n) is 12.8. The van der Waals surface area contributed by atoms with E-state index >= 15 is 0 Å².